The van der Waals surface area contributed by atoms with E-state index in [0.29, 0.717) is 0 Å². The largest absolute Gasteiger partial charge is 0.491 e. The van der Waals surface area contributed by atoms with Gasteiger partial charge in [0.15, 0.2) is 0 Å². The topological polar surface area (TPSA) is 37.9 Å². The Labute approximate surface area is 103 Å². The van der Waals surface area contributed by atoms with E-state index in [-0.39, 0.29) is 6.10 Å². The highest BCUT2D eigenvalue weighted by Gasteiger charge is 2.07. The maximum atomic E-state index is 5.65. The predicted molar refractivity (Wildman–Crippen MR) is 67.5 cm³/mol. The lowest BCUT2D eigenvalue weighted by atomic mass is 10.2. The summed E-state index contributed by atoms with van der Waals surface area (Å²) >= 11 is 3.50. The van der Waals surface area contributed by atoms with Gasteiger partial charge < -0.3 is 9.72 Å². The Bertz CT molecular complexity index is 466. The Morgan fingerprint density at radius 3 is 2.81 bits per heavy atom. The molecule has 0 aliphatic heterocycles. The summed E-state index contributed by atoms with van der Waals surface area (Å²) in [7, 11) is 0. The fourth-order valence-electron chi connectivity index (χ4n) is 1.44. The number of benzene rings is 1. The van der Waals surface area contributed by atoms with E-state index in [1.807, 2.05) is 32.0 Å². The van der Waals surface area contributed by atoms with Crippen LogP contribution in [0.3, 0.4) is 0 Å². The zero-order valence-electron chi connectivity index (χ0n) is 9.20. The lowest BCUT2D eigenvalue weighted by molar-refractivity contribution is 0.242. The predicted octanol–water partition coefficient (Wildman–Crippen LogP) is 3.63. The van der Waals surface area contributed by atoms with Crippen molar-refractivity contribution in [3.8, 4) is 17.1 Å². The van der Waals surface area contributed by atoms with Gasteiger partial charge in [0.25, 0.3) is 0 Å². The molecule has 84 valence electrons. The van der Waals surface area contributed by atoms with Crippen LogP contribution in [-0.4, -0.2) is 16.1 Å². The van der Waals surface area contributed by atoms with Crippen molar-refractivity contribution in [2.75, 3.05) is 0 Å². The van der Waals surface area contributed by atoms with E-state index in [0.717, 1.165) is 21.6 Å². The molecule has 16 heavy (non-hydrogen) atoms. The third-order valence-corrected chi connectivity index (χ3v) is 2.75. The number of nitrogens with one attached hydrogen (secondary N) is 1. The highest BCUT2D eigenvalue weighted by atomic mass is 79.9. The summed E-state index contributed by atoms with van der Waals surface area (Å²) in [5, 5.41) is 0. The molecule has 0 saturated carbocycles. The van der Waals surface area contributed by atoms with Crippen molar-refractivity contribution < 1.29 is 4.74 Å². The van der Waals surface area contributed by atoms with Gasteiger partial charge in [-0.1, -0.05) is 15.9 Å². The van der Waals surface area contributed by atoms with Gasteiger partial charge in [0.2, 0.25) is 0 Å². The Hall–Kier alpha value is -1.29. The first kappa shape index (κ1) is 11.2. The summed E-state index contributed by atoms with van der Waals surface area (Å²) in [6, 6.07) is 5.88. The number of aromatic amines is 1. The molecule has 0 fully saturated rings. The van der Waals surface area contributed by atoms with Crippen LogP contribution >= 0.6 is 15.9 Å². The molecule has 1 N–H and O–H groups in total. The minimum atomic E-state index is 0.172. The van der Waals surface area contributed by atoms with Crippen molar-refractivity contribution >= 4 is 15.9 Å². The van der Waals surface area contributed by atoms with Gasteiger partial charge in [-0.15, -0.1) is 0 Å². The van der Waals surface area contributed by atoms with Crippen LogP contribution < -0.4 is 4.74 Å². The molecule has 1 aromatic heterocycles. The molecule has 1 aromatic carbocycles. The molecule has 0 aliphatic carbocycles. The van der Waals surface area contributed by atoms with Crippen molar-refractivity contribution in [2.45, 2.75) is 20.0 Å². The van der Waals surface area contributed by atoms with E-state index in [2.05, 4.69) is 25.9 Å². The molecule has 0 bridgehead atoms. The Morgan fingerprint density at radius 1 is 1.38 bits per heavy atom. The van der Waals surface area contributed by atoms with Gasteiger partial charge in [-0.25, -0.2) is 4.98 Å². The molecule has 4 heteroatoms. The highest BCUT2D eigenvalue weighted by Crippen LogP contribution is 2.29. The van der Waals surface area contributed by atoms with Gasteiger partial charge in [-0.3, -0.25) is 0 Å². The Kier molecular flexibility index (Phi) is 3.29. The van der Waals surface area contributed by atoms with Crippen LogP contribution in [-0.2, 0) is 0 Å². The maximum Gasteiger partial charge on any atom is 0.138 e. The molecule has 0 saturated heterocycles. The summed E-state index contributed by atoms with van der Waals surface area (Å²) < 4.78 is 6.64. The van der Waals surface area contributed by atoms with E-state index >= 15 is 0 Å². The molecule has 3 nitrogen and oxygen atoms in total. The molecule has 0 aliphatic rings. The first-order valence-electron chi connectivity index (χ1n) is 5.13. The Morgan fingerprint density at radius 2 is 2.19 bits per heavy atom. The third-order valence-electron chi connectivity index (χ3n) is 2.06. The zero-order valence-corrected chi connectivity index (χ0v) is 10.8. The summed E-state index contributed by atoms with van der Waals surface area (Å²) in [6.45, 7) is 4.02. The first-order chi connectivity index (χ1) is 7.66. The number of rotatable bonds is 3. The average molecular weight is 281 g/mol. The molecular formula is C12H13BrN2O. The number of aromatic nitrogens is 2. The van der Waals surface area contributed by atoms with Gasteiger partial charge >= 0.3 is 0 Å². The van der Waals surface area contributed by atoms with Gasteiger partial charge in [-0.05, 0) is 32.0 Å². The summed E-state index contributed by atoms with van der Waals surface area (Å²) in [6.07, 6.45) is 3.71. The van der Waals surface area contributed by atoms with E-state index < -0.39 is 0 Å². The molecule has 0 radical (unpaired) electrons. The van der Waals surface area contributed by atoms with Gasteiger partial charge in [0.1, 0.15) is 11.6 Å². The van der Waals surface area contributed by atoms with Crippen molar-refractivity contribution in [1.82, 2.24) is 9.97 Å². The average Bonchev–Trinajstić information content (AvgIpc) is 2.73. The number of halogens is 1. The van der Waals surface area contributed by atoms with E-state index in [1.54, 1.807) is 12.4 Å². The first-order valence-corrected chi connectivity index (χ1v) is 5.92. The second-order valence-corrected chi connectivity index (χ2v) is 4.60. The van der Waals surface area contributed by atoms with Crippen molar-refractivity contribution in [3.05, 3.63) is 35.1 Å². The van der Waals surface area contributed by atoms with Crippen molar-refractivity contribution in [1.29, 1.82) is 0 Å². The molecule has 0 unspecified atom stereocenters. The molecular weight excluding hydrogens is 268 g/mol. The molecule has 2 rings (SSSR count). The SMILES string of the molecule is CC(C)Oc1ccc(Br)c(-c2ncc[nH]2)c1. The molecule has 0 spiro atoms. The van der Waals surface area contributed by atoms with E-state index in [4.69, 9.17) is 4.74 Å². The minimum absolute atomic E-state index is 0.172. The summed E-state index contributed by atoms with van der Waals surface area (Å²) in [4.78, 5) is 7.30. The van der Waals surface area contributed by atoms with Gasteiger partial charge in [-0.2, -0.15) is 0 Å². The standard InChI is InChI=1S/C12H13BrN2O/c1-8(2)16-9-3-4-11(13)10(7-9)12-14-5-6-15-12/h3-8H,1-2H3,(H,14,15). The fraction of sp³-hybridized carbons (Fsp3) is 0.250. The maximum absolute atomic E-state index is 5.65. The van der Waals surface area contributed by atoms with Gasteiger partial charge in [0, 0.05) is 22.4 Å². The molecule has 0 amide bonds. The van der Waals surface area contributed by atoms with Gasteiger partial charge in [0.05, 0.1) is 6.10 Å². The minimum Gasteiger partial charge on any atom is -0.491 e. The fourth-order valence-corrected chi connectivity index (χ4v) is 1.88. The van der Waals surface area contributed by atoms with E-state index in [1.165, 1.54) is 0 Å². The molecule has 2 aromatic rings. The van der Waals surface area contributed by atoms with Crippen LogP contribution in [0, 0.1) is 0 Å². The molecule has 0 atom stereocenters. The highest BCUT2D eigenvalue weighted by molar-refractivity contribution is 9.10. The lowest BCUT2D eigenvalue weighted by Gasteiger charge is -2.11. The van der Waals surface area contributed by atoms with Crippen LogP contribution in [0.1, 0.15) is 13.8 Å². The number of ether oxygens (including phenoxy) is 1. The number of hydrogen-bond donors (Lipinski definition) is 1. The Balaban J connectivity index is 2.37. The summed E-state index contributed by atoms with van der Waals surface area (Å²) in [5.41, 5.74) is 1.00. The summed E-state index contributed by atoms with van der Waals surface area (Å²) in [5.74, 6) is 1.69. The second-order valence-electron chi connectivity index (χ2n) is 3.75. The monoisotopic (exact) mass is 280 g/mol. The molecule has 1 heterocycles. The normalized spacial score (nSPS) is 10.8. The lowest BCUT2D eigenvalue weighted by Crippen LogP contribution is -2.05. The number of hydrogen-bond acceptors (Lipinski definition) is 2. The van der Waals surface area contributed by atoms with Crippen molar-refractivity contribution in [3.63, 3.8) is 0 Å². The smallest absolute Gasteiger partial charge is 0.138 e. The second kappa shape index (κ2) is 4.70. The number of H-pyrrole nitrogens is 1. The van der Waals surface area contributed by atoms with Crippen LogP contribution in [0.25, 0.3) is 11.4 Å². The number of nitrogens with zero attached hydrogens (tertiary/aromatic N) is 1. The quantitative estimate of drug-likeness (QED) is 0.933. The third kappa shape index (κ3) is 2.44. The van der Waals surface area contributed by atoms with E-state index in [9.17, 15) is 0 Å². The van der Waals surface area contributed by atoms with Crippen molar-refractivity contribution in [2.24, 2.45) is 0 Å². The van der Waals surface area contributed by atoms with Crippen LogP contribution in [0.5, 0.6) is 5.75 Å². The van der Waals surface area contributed by atoms with Crippen LogP contribution in [0.2, 0.25) is 0 Å². The van der Waals surface area contributed by atoms with Crippen LogP contribution in [0.15, 0.2) is 35.1 Å². The zero-order chi connectivity index (χ0) is 11.5. The number of imidazole rings is 1. The van der Waals surface area contributed by atoms with Crippen LogP contribution in [0.4, 0.5) is 0 Å².